The van der Waals surface area contributed by atoms with Crippen molar-refractivity contribution in [1.29, 1.82) is 0 Å². The Hall–Kier alpha value is -3.23. The van der Waals surface area contributed by atoms with Crippen LogP contribution in [0.2, 0.25) is 0 Å². The summed E-state index contributed by atoms with van der Waals surface area (Å²) in [5.41, 5.74) is 2.80. The van der Waals surface area contributed by atoms with Crippen LogP contribution in [-0.2, 0) is 6.61 Å². The number of nitrogens with one attached hydrogen (secondary N) is 1. The lowest BCUT2D eigenvalue weighted by Gasteiger charge is -2.12. The number of ether oxygens (including phenoxy) is 2. The number of halogens is 1. The first-order chi connectivity index (χ1) is 15.2. The molecule has 1 N–H and O–H groups in total. The predicted octanol–water partition coefficient (Wildman–Crippen LogP) is 5.84. The monoisotopic (exact) mass is 494 g/mol. The second kappa shape index (κ2) is 9.72. The topological polar surface area (TPSA) is 64.4 Å². The minimum atomic E-state index is 0.404. The molecule has 1 aromatic heterocycles. The molecule has 0 unspecified atom stereocenters. The number of H-pyrrole nitrogens is 1. The van der Waals surface area contributed by atoms with Crippen molar-refractivity contribution in [2.24, 2.45) is 5.10 Å². The molecular weight excluding hydrogens is 476 g/mol. The summed E-state index contributed by atoms with van der Waals surface area (Å²) in [5, 5.41) is 11.6. The van der Waals surface area contributed by atoms with E-state index in [-0.39, 0.29) is 0 Å². The van der Waals surface area contributed by atoms with Crippen molar-refractivity contribution in [3.05, 3.63) is 93.2 Å². The summed E-state index contributed by atoms with van der Waals surface area (Å²) >= 11 is 8.94. The van der Waals surface area contributed by atoms with Gasteiger partial charge in [-0.3, -0.25) is 0 Å². The van der Waals surface area contributed by atoms with Crippen LogP contribution in [0.25, 0.3) is 11.4 Å². The Morgan fingerprint density at radius 1 is 1.06 bits per heavy atom. The standard InChI is InChI=1S/C23H19BrN4O2S/c1-29-20-12-18(19(24)13-21(20)30-15-16-8-4-2-5-9-16)14-25-28-22(26-27-23(28)31)17-10-6-3-7-11-17/h2-14H,15H2,1H3,(H,27,31)/b25-14-. The highest BCUT2D eigenvalue weighted by Crippen LogP contribution is 2.33. The number of hydrogen-bond acceptors (Lipinski definition) is 5. The number of rotatable bonds is 7. The number of aromatic amines is 1. The smallest absolute Gasteiger partial charge is 0.216 e. The zero-order valence-electron chi connectivity index (χ0n) is 16.7. The van der Waals surface area contributed by atoms with Gasteiger partial charge in [0.2, 0.25) is 4.77 Å². The fourth-order valence-corrected chi connectivity index (χ4v) is 3.55. The maximum absolute atomic E-state index is 5.96. The molecule has 0 aliphatic rings. The third kappa shape index (κ3) is 4.92. The fraction of sp³-hybridized carbons (Fsp3) is 0.0870. The van der Waals surface area contributed by atoms with Crippen LogP contribution in [0, 0.1) is 4.77 Å². The van der Waals surface area contributed by atoms with Crippen LogP contribution in [0.5, 0.6) is 11.5 Å². The number of aromatic nitrogens is 3. The summed E-state index contributed by atoms with van der Waals surface area (Å²) in [7, 11) is 1.61. The van der Waals surface area contributed by atoms with Crippen LogP contribution >= 0.6 is 28.1 Å². The van der Waals surface area contributed by atoms with Gasteiger partial charge in [-0.05, 0) is 45.8 Å². The van der Waals surface area contributed by atoms with Gasteiger partial charge >= 0.3 is 0 Å². The Balaban J connectivity index is 1.60. The lowest BCUT2D eigenvalue weighted by atomic mass is 10.2. The van der Waals surface area contributed by atoms with E-state index in [1.807, 2.05) is 72.8 Å². The first kappa shape index (κ1) is 21.0. The molecule has 8 heteroatoms. The van der Waals surface area contributed by atoms with Gasteiger partial charge in [0.1, 0.15) is 6.61 Å². The maximum Gasteiger partial charge on any atom is 0.216 e. The number of benzene rings is 3. The molecule has 0 radical (unpaired) electrons. The third-order valence-corrected chi connectivity index (χ3v) is 5.47. The molecule has 3 aromatic carbocycles. The van der Waals surface area contributed by atoms with Gasteiger partial charge in [-0.1, -0.05) is 60.7 Å². The quantitative estimate of drug-likeness (QED) is 0.259. The molecule has 0 amide bonds. The first-order valence-electron chi connectivity index (χ1n) is 9.47. The SMILES string of the molecule is COc1cc(/C=N\n2c(-c3ccccc3)n[nH]c2=S)c(Br)cc1OCc1ccccc1. The Labute approximate surface area is 193 Å². The normalized spacial score (nSPS) is 11.0. The molecule has 1 heterocycles. The van der Waals surface area contributed by atoms with Gasteiger partial charge in [0.05, 0.1) is 13.3 Å². The van der Waals surface area contributed by atoms with Crippen molar-refractivity contribution < 1.29 is 9.47 Å². The lowest BCUT2D eigenvalue weighted by Crippen LogP contribution is -2.00. The van der Waals surface area contributed by atoms with Crippen LogP contribution in [0.15, 0.2) is 82.4 Å². The largest absolute Gasteiger partial charge is 0.493 e. The molecule has 0 bridgehead atoms. The lowest BCUT2D eigenvalue weighted by molar-refractivity contribution is 0.284. The molecule has 0 fully saturated rings. The predicted molar refractivity (Wildman–Crippen MR) is 127 cm³/mol. The highest BCUT2D eigenvalue weighted by atomic mass is 79.9. The molecule has 0 aliphatic carbocycles. The Morgan fingerprint density at radius 3 is 2.48 bits per heavy atom. The second-order valence-corrected chi connectivity index (χ2v) is 7.81. The van der Waals surface area contributed by atoms with E-state index in [0.29, 0.717) is 28.7 Å². The first-order valence-corrected chi connectivity index (χ1v) is 10.7. The summed E-state index contributed by atoms with van der Waals surface area (Å²) in [6.45, 7) is 0.446. The van der Waals surface area contributed by atoms with Crippen LogP contribution in [0.3, 0.4) is 0 Å². The van der Waals surface area contributed by atoms with Gasteiger partial charge < -0.3 is 9.47 Å². The number of methoxy groups -OCH3 is 1. The van der Waals surface area contributed by atoms with Gasteiger partial charge in [0, 0.05) is 15.6 Å². The van der Waals surface area contributed by atoms with E-state index in [4.69, 9.17) is 21.7 Å². The average molecular weight is 495 g/mol. The van der Waals surface area contributed by atoms with E-state index < -0.39 is 0 Å². The van der Waals surface area contributed by atoms with E-state index in [1.54, 1.807) is 18.0 Å². The Kier molecular flexibility index (Phi) is 6.59. The summed E-state index contributed by atoms with van der Waals surface area (Å²) in [6.07, 6.45) is 1.70. The van der Waals surface area contributed by atoms with Crippen molar-refractivity contribution in [2.75, 3.05) is 7.11 Å². The van der Waals surface area contributed by atoms with Crippen LogP contribution in [0.4, 0.5) is 0 Å². The molecule has 6 nitrogen and oxygen atoms in total. The second-order valence-electron chi connectivity index (χ2n) is 6.57. The fourth-order valence-electron chi connectivity index (χ4n) is 2.95. The Morgan fingerprint density at radius 2 is 1.77 bits per heavy atom. The molecule has 0 spiro atoms. The number of nitrogens with zero attached hydrogens (tertiary/aromatic N) is 3. The minimum absolute atomic E-state index is 0.404. The van der Waals surface area contributed by atoms with Gasteiger partial charge in [0.15, 0.2) is 17.3 Å². The molecule has 0 aliphatic heterocycles. The van der Waals surface area contributed by atoms with Crippen LogP contribution < -0.4 is 9.47 Å². The third-order valence-electron chi connectivity index (χ3n) is 4.51. The van der Waals surface area contributed by atoms with E-state index in [0.717, 1.165) is 21.2 Å². The van der Waals surface area contributed by atoms with Crippen molar-refractivity contribution in [2.45, 2.75) is 6.61 Å². The van der Waals surface area contributed by atoms with E-state index in [1.165, 1.54) is 0 Å². The van der Waals surface area contributed by atoms with E-state index in [9.17, 15) is 0 Å². The van der Waals surface area contributed by atoms with Crippen molar-refractivity contribution in [1.82, 2.24) is 14.9 Å². The Bertz CT molecular complexity index is 1250. The van der Waals surface area contributed by atoms with Crippen LogP contribution in [-0.4, -0.2) is 28.2 Å². The molecular formula is C23H19BrN4O2S. The highest BCUT2D eigenvalue weighted by molar-refractivity contribution is 9.10. The zero-order chi connectivity index (χ0) is 21.6. The molecule has 4 aromatic rings. The minimum Gasteiger partial charge on any atom is -0.493 e. The molecule has 156 valence electrons. The van der Waals surface area contributed by atoms with Gasteiger partial charge in [-0.2, -0.15) is 14.9 Å². The molecule has 0 saturated heterocycles. The van der Waals surface area contributed by atoms with Crippen LogP contribution in [0.1, 0.15) is 11.1 Å². The van der Waals surface area contributed by atoms with Gasteiger partial charge in [0.25, 0.3) is 0 Å². The maximum atomic E-state index is 5.96. The van der Waals surface area contributed by atoms with E-state index >= 15 is 0 Å². The molecule has 31 heavy (non-hydrogen) atoms. The van der Waals surface area contributed by atoms with Crippen molar-refractivity contribution >= 4 is 34.4 Å². The van der Waals surface area contributed by atoms with E-state index in [2.05, 4.69) is 31.2 Å². The van der Waals surface area contributed by atoms with Gasteiger partial charge in [-0.25, -0.2) is 5.10 Å². The summed E-state index contributed by atoms with van der Waals surface area (Å²) in [4.78, 5) is 0. The summed E-state index contributed by atoms with van der Waals surface area (Å²) in [6, 6.07) is 23.4. The zero-order valence-corrected chi connectivity index (χ0v) is 19.1. The highest BCUT2D eigenvalue weighted by Gasteiger charge is 2.11. The molecule has 0 atom stereocenters. The average Bonchev–Trinajstić information content (AvgIpc) is 3.18. The number of hydrogen-bond donors (Lipinski definition) is 1. The summed E-state index contributed by atoms with van der Waals surface area (Å²) in [5.74, 6) is 1.88. The summed E-state index contributed by atoms with van der Waals surface area (Å²) < 4.78 is 14.3. The van der Waals surface area contributed by atoms with Crippen molar-refractivity contribution in [3.8, 4) is 22.9 Å². The van der Waals surface area contributed by atoms with Crippen molar-refractivity contribution in [3.63, 3.8) is 0 Å². The van der Waals surface area contributed by atoms with Gasteiger partial charge in [-0.15, -0.1) is 0 Å². The molecule has 0 saturated carbocycles. The molecule has 4 rings (SSSR count).